The number of hydrogen-bond donors (Lipinski definition) is 2. The maximum absolute atomic E-state index is 13.5. The van der Waals surface area contributed by atoms with Crippen molar-refractivity contribution in [1.82, 2.24) is 10.3 Å². The highest BCUT2D eigenvalue weighted by molar-refractivity contribution is 5.75. The number of methoxy groups -OCH3 is 1. The van der Waals surface area contributed by atoms with Crippen molar-refractivity contribution < 1.29 is 36.9 Å². The Morgan fingerprint density at radius 1 is 1.07 bits per heavy atom. The quantitative estimate of drug-likeness (QED) is 0.158. The summed E-state index contributed by atoms with van der Waals surface area (Å²) in [6, 6.07) is 7.84. The molecule has 6 nitrogen and oxygen atoms in total. The van der Waals surface area contributed by atoms with Crippen molar-refractivity contribution >= 4 is 5.97 Å². The highest BCUT2D eigenvalue weighted by Gasteiger charge is 2.45. The summed E-state index contributed by atoms with van der Waals surface area (Å²) >= 11 is 0. The SMILES string of the molecule is CCCCCCCCCCN[C@@H](C)c1ccc(OCC(F)(F)F)cn1.COc1ccc([C@H]2C[C@@H]2C(=O)O)c(F)c1. The van der Waals surface area contributed by atoms with Crippen molar-refractivity contribution in [2.24, 2.45) is 5.92 Å². The van der Waals surface area contributed by atoms with Crippen LogP contribution in [-0.4, -0.2) is 42.5 Å². The lowest BCUT2D eigenvalue weighted by molar-refractivity contribution is -0.153. The molecular formula is C30H42F4N2O4. The van der Waals surface area contributed by atoms with Crippen LogP contribution in [0.4, 0.5) is 17.6 Å². The number of alkyl halides is 3. The van der Waals surface area contributed by atoms with Gasteiger partial charge in [0, 0.05) is 18.0 Å². The van der Waals surface area contributed by atoms with E-state index < -0.39 is 24.7 Å². The molecule has 2 aromatic rings. The molecule has 0 spiro atoms. The maximum atomic E-state index is 13.5. The zero-order valence-corrected chi connectivity index (χ0v) is 23.6. The average molecular weight is 571 g/mol. The molecule has 0 unspecified atom stereocenters. The largest absolute Gasteiger partial charge is 0.497 e. The van der Waals surface area contributed by atoms with E-state index in [1.54, 1.807) is 18.2 Å². The molecule has 1 aromatic heterocycles. The van der Waals surface area contributed by atoms with Gasteiger partial charge in [0.2, 0.25) is 0 Å². The molecule has 1 aromatic carbocycles. The van der Waals surface area contributed by atoms with E-state index in [0.29, 0.717) is 17.7 Å². The van der Waals surface area contributed by atoms with Gasteiger partial charge in [-0.1, -0.05) is 57.9 Å². The Bertz CT molecular complexity index is 1020. The molecule has 0 saturated heterocycles. The van der Waals surface area contributed by atoms with E-state index in [2.05, 4.69) is 22.0 Å². The Kier molecular flexibility index (Phi) is 14.2. The van der Waals surface area contributed by atoms with Gasteiger partial charge >= 0.3 is 12.1 Å². The third kappa shape index (κ3) is 12.5. The van der Waals surface area contributed by atoms with Crippen molar-refractivity contribution in [1.29, 1.82) is 0 Å². The number of nitrogens with one attached hydrogen (secondary N) is 1. The van der Waals surface area contributed by atoms with Crippen LogP contribution in [0.3, 0.4) is 0 Å². The molecule has 1 aliphatic rings. The second-order valence-corrected chi connectivity index (χ2v) is 10.1. The van der Waals surface area contributed by atoms with Crippen molar-refractivity contribution in [2.75, 3.05) is 20.3 Å². The Morgan fingerprint density at radius 3 is 2.25 bits per heavy atom. The first-order valence-corrected chi connectivity index (χ1v) is 14.0. The topological polar surface area (TPSA) is 80.7 Å². The molecule has 0 amide bonds. The predicted molar refractivity (Wildman–Crippen MR) is 146 cm³/mol. The molecule has 10 heteroatoms. The molecule has 224 valence electrons. The number of aliphatic carboxylic acids is 1. The first-order chi connectivity index (χ1) is 19.1. The van der Waals surface area contributed by atoms with Crippen LogP contribution >= 0.6 is 0 Å². The Labute approximate surface area is 234 Å². The average Bonchev–Trinajstić information content (AvgIpc) is 3.72. The number of pyridine rings is 1. The Morgan fingerprint density at radius 2 is 1.73 bits per heavy atom. The lowest BCUT2D eigenvalue weighted by atomic mass is 10.1. The molecule has 3 atom stereocenters. The third-order valence-corrected chi connectivity index (χ3v) is 6.80. The number of hydrogen-bond acceptors (Lipinski definition) is 5. The molecule has 1 saturated carbocycles. The van der Waals surface area contributed by atoms with Gasteiger partial charge in [-0.05, 0) is 50.1 Å². The summed E-state index contributed by atoms with van der Waals surface area (Å²) in [7, 11) is 1.46. The van der Waals surface area contributed by atoms with E-state index in [1.165, 1.54) is 70.4 Å². The lowest BCUT2D eigenvalue weighted by Gasteiger charge is -2.14. The smallest absolute Gasteiger partial charge is 0.422 e. The maximum Gasteiger partial charge on any atom is 0.422 e. The summed E-state index contributed by atoms with van der Waals surface area (Å²) in [6.07, 6.45) is 7.80. The number of unbranched alkanes of at least 4 members (excludes halogenated alkanes) is 7. The van der Waals surface area contributed by atoms with Gasteiger partial charge in [-0.15, -0.1) is 0 Å². The van der Waals surface area contributed by atoms with Crippen molar-refractivity contribution in [3.63, 3.8) is 0 Å². The first-order valence-electron chi connectivity index (χ1n) is 14.0. The summed E-state index contributed by atoms with van der Waals surface area (Å²) in [6.45, 7) is 3.86. The van der Waals surface area contributed by atoms with Gasteiger partial charge in [0.15, 0.2) is 6.61 Å². The highest BCUT2D eigenvalue weighted by atomic mass is 19.4. The lowest BCUT2D eigenvalue weighted by Crippen LogP contribution is -2.21. The number of carboxylic acids is 1. The predicted octanol–water partition coefficient (Wildman–Crippen LogP) is 7.84. The van der Waals surface area contributed by atoms with Crippen molar-refractivity contribution in [3.05, 3.63) is 53.6 Å². The molecule has 0 aliphatic heterocycles. The van der Waals surface area contributed by atoms with E-state index in [1.807, 2.05) is 6.92 Å². The van der Waals surface area contributed by atoms with Crippen LogP contribution in [0.5, 0.6) is 11.5 Å². The fourth-order valence-corrected chi connectivity index (χ4v) is 4.33. The molecule has 3 rings (SSSR count). The molecule has 2 N–H and O–H groups in total. The highest BCUT2D eigenvalue weighted by Crippen LogP contribution is 2.48. The number of ether oxygens (including phenoxy) is 2. The minimum absolute atomic E-state index is 0.0706. The van der Waals surface area contributed by atoms with Crippen LogP contribution in [0, 0.1) is 11.7 Å². The molecule has 1 fully saturated rings. The zero-order valence-electron chi connectivity index (χ0n) is 23.6. The number of carboxylic acid groups (broad SMARTS) is 1. The number of carbonyl (C=O) groups is 1. The van der Waals surface area contributed by atoms with E-state index in [0.717, 1.165) is 18.7 Å². The summed E-state index contributed by atoms with van der Waals surface area (Å²) in [5.74, 6) is -1.25. The van der Waals surface area contributed by atoms with Crippen LogP contribution in [0.2, 0.25) is 0 Å². The minimum Gasteiger partial charge on any atom is -0.497 e. The van der Waals surface area contributed by atoms with E-state index in [-0.39, 0.29) is 23.5 Å². The van der Waals surface area contributed by atoms with Gasteiger partial charge in [-0.25, -0.2) is 4.39 Å². The molecule has 0 radical (unpaired) electrons. The van der Waals surface area contributed by atoms with Gasteiger partial charge in [0.25, 0.3) is 0 Å². The van der Waals surface area contributed by atoms with Crippen LogP contribution in [-0.2, 0) is 4.79 Å². The number of benzene rings is 1. The summed E-state index contributed by atoms with van der Waals surface area (Å²) in [4.78, 5) is 14.8. The van der Waals surface area contributed by atoms with Gasteiger partial charge in [-0.2, -0.15) is 13.2 Å². The van der Waals surface area contributed by atoms with E-state index >= 15 is 0 Å². The number of nitrogens with zero attached hydrogens (tertiary/aromatic N) is 1. The summed E-state index contributed by atoms with van der Waals surface area (Å²) < 4.78 is 59.3. The molecule has 1 aliphatic carbocycles. The van der Waals surface area contributed by atoms with E-state index in [4.69, 9.17) is 9.84 Å². The Hall–Kier alpha value is -2.88. The van der Waals surface area contributed by atoms with Crippen LogP contribution in [0.1, 0.15) is 94.9 Å². The first kappa shape index (κ1) is 33.3. The molecular weight excluding hydrogens is 528 g/mol. The standard InChI is InChI=1S/C19H31F3N2O.C11H11FO3/c1-3-4-5-6-7-8-9-10-13-23-16(2)18-12-11-17(14-24-18)25-15-19(20,21)22;1-15-6-2-3-7(10(12)4-6)8-5-9(8)11(13)14/h11-12,14,16,23H,3-10,13,15H2,1-2H3;2-4,8-9H,5H2,1H3,(H,13,14)/t16-;8-,9+/m01/s1. The van der Waals surface area contributed by atoms with Gasteiger partial charge in [0.1, 0.15) is 17.3 Å². The summed E-state index contributed by atoms with van der Waals surface area (Å²) in [5.41, 5.74) is 1.28. The van der Waals surface area contributed by atoms with Gasteiger partial charge in [0.05, 0.1) is 24.9 Å². The Balaban J connectivity index is 0.000000315. The van der Waals surface area contributed by atoms with Gasteiger partial charge in [-0.3, -0.25) is 9.78 Å². The third-order valence-electron chi connectivity index (χ3n) is 6.80. The number of rotatable bonds is 16. The molecule has 0 bridgehead atoms. The normalized spacial score (nSPS) is 17.0. The van der Waals surface area contributed by atoms with E-state index in [9.17, 15) is 22.4 Å². The van der Waals surface area contributed by atoms with Crippen LogP contribution in [0.15, 0.2) is 36.5 Å². The van der Waals surface area contributed by atoms with Crippen LogP contribution < -0.4 is 14.8 Å². The number of halogens is 4. The van der Waals surface area contributed by atoms with Crippen molar-refractivity contribution in [3.8, 4) is 11.5 Å². The van der Waals surface area contributed by atoms with Crippen LogP contribution in [0.25, 0.3) is 0 Å². The zero-order chi connectivity index (χ0) is 29.5. The minimum atomic E-state index is -4.33. The summed E-state index contributed by atoms with van der Waals surface area (Å²) in [5, 5.41) is 12.1. The fourth-order valence-electron chi connectivity index (χ4n) is 4.33. The number of aromatic nitrogens is 1. The fraction of sp³-hybridized carbons (Fsp3) is 0.600. The second kappa shape index (κ2) is 17.0. The second-order valence-electron chi connectivity index (χ2n) is 10.1. The monoisotopic (exact) mass is 570 g/mol. The molecule has 1 heterocycles. The molecule has 40 heavy (non-hydrogen) atoms. The van der Waals surface area contributed by atoms with Gasteiger partial charge < -0.3 is 19.9 Å². The van der Waals surface area contributed by atoms with Crippen molar-refractivity contribution in [2.45, 2.75) is 89.8 Å².